The summed E-state index contributed by atoms with van der Waals surface area (Å²) in [5, 5.41) is 3.09. The molecule has 1 aromatic rings. The van der Waals surface area contributed by atoms with Crippen LogP contribution in [-0.2, 0) is 11.2 Å². The number of benzene rings is 1. The second-order valence-corrected chi connectivity index (χ2v) is 6.81. The van der Waals surface area contributed by atoms with E-state index in [1.54, 1.807) is 0 Å². The van der Waals surface area contributed by atoms with Gasteiger partial charge in [0.15, 0.2) is 0 Å². The molecule has 0 aliphatic carbocycles. The van der Waals surface area contributed by atoms with Crippen LogP contribution < -0.4 is 10.1 Å². The number of hydrogen-bond acceptors (Lipinski definition) is 3. The summed E-state index contributed by atoms with van der Waals surface area (Å²) in [7, 11) is 2.09. The number of carbonyl (C=O) groups excluding carboxylic acids is 1. The first-order valence-electron chi connectivity index (χ1n) is 8.76. The van der Waals surface area contributed by atoms with Gasteiger partial charge in [-0.15, -0.1) is 0 Å². The van der Waals surface area contributed by atoms with Gasteiger partial charge in [0.05, 0.1) is 12.0 Å². The van der Waals surface area contributed by atoms with E-state index in [9.17, 15) is 4.79 Å². The van der Waals surface area contributed by atoms with Gasteiger partial charge in [-0.3, -0.25) is 4.79 Å². The average Bonchev–Trinajstić information content (AvgIpc) is 2.51. The van der Waals surface area contributed by atoms with Crippen molar-refractivity contribution in [1.82, 2.24) is 10.2 Å². The van der Waals surface area contributed by atoms with E-state index in [-0.39, 0.29) is 17.9 Å². The number of rotatable bonds is 7. The highest BCUT2D eigenvalue weighted by atomic mass is 16.5. The Morgan fingerprint density at radius 1 is 1.43 bits per heavy atom. The van der Waals surface area contributed by atoms with E-state index in [1.807, 2.05) is 26.0 Å². The SMILES string of the molecule is CC(C)Oc1cccc(CCCNC(=O)[C@H]2CCCN(C)C2)c1. The molecule has 1 saturated heterocycles. The lowest BCUT2D eigenvalue weighted by atomic mass is 9.97. The Morgan fingerprint density at radius 3 is 3.00 bits per heavy atom. The summed E-state index contributed by atoms with van der Waals surface area (Å²) >= 11 is 0. The molecule has 1 aliphatic rings. The van der Waals surface area contributed by atoms with Crippen LogP contribution in [0.15, 0.2) is 24.3 Å². The Kier molecular flexibility index (Phi) is 6.90. The molecule has 0 aromatic heterocycles. The van der Waals surface area contributed by atoms with Crippen LogP contribution >= 0.6 is 0 Å². The number of amides is 1. The van der Waals surface area contributed by atoms with Crippen LogP contribution in [0.25, 0.3) is 0 Å². The second kappa shape index (κ2) is 8.92. The van der Waals surface area contributed by atoms with Crippen LogP contribution in [0.3, 0.4) is 0 Å². The number of nitrogens with one attached hydrogen (secondary N) is 1. The van der Waals surface area contributed by atoms with Gasteiger partial charge in [-0.2, -0.15) is 0 Å². The first-order chi connectivity index (χ1) is 11.0. The molecule has 1 aromatic carbocycles. The fraction of sp³-hybridized carbons (Fsp3) is 0.632. The summed E-state index contributed by atoms with van der Waals surface area (Å²) in [6.07, 6.45) is 4.25. The van der Waals surface area contributed by atoms with E-state index in [0.717, 1.165) is 51.1 Å². The Labute approximate surface area is 140 Å². The first kappa shape index (κ1) is 17.8. The molecule has 4 heteroatoms. The van der Waals surface area contributed by atoms with Crippen LogP contribution in [-0.4, -0.2) is 43.6 Å². The Hall–Kier alpha value is -1.55. The zero-order valence-electron chi connectivity index (χ0n) is 14.7. The molecule has 0 spiro atoms. The fourth-order valence-electron chi connectivity index (χ4n) is 3.08. The molecule has 1 heterocycles. The average molecular weight is 318 g/mol. The van der Waals surface area contributed by atoms with E-state index in [0.29, 0.717) is 0 Å². The normalized spacial score (nSPS) is 18.9. The molecule has 0 bridgehead atoms. The highest BCUT2D eigenvalue weighted by Crippen LogP contribution is 2.17. The minimum absolute atomic E-state index is 0.163. The predicted octanol–water partition coefficient (Wildman–Crippen LogP) is 2.86. The Bertz CT molecular complexity index is 502. The van der Waals surface area contributed by atoms with Crippen LogP contribution in [0.1, 0.15) is 38.7 Å². The van der Waals surface area contributed by atoms with Gasteiger partial charge in [0.2, 0.25) is 5.91 Å². The first-order valence-corrected chi connectivity index (χ1v) is 8.76. The molecular weight excluding hydrogens is 288 g/mol. The number of ether oxygens (including phenoxy) is 1. The Balaban J connectivity index is 1.69. The molecule has 1 N–H and O–H groups in total. The van der Waals surface area contributed by atoms with Crippen LogP contribution in [0.2, 0.25) is 0 Å². The summed E-state index contributed by atoms with van der Waals surface area (Å²) in [5.74, 6) is 1.30. The van der Waals surface area contributed by atoms with Crippen molar-refractivity contribution in [1.29, 1.82) is 0 Å². The topological polar surface area (TPSA) is 41.6 Å². The highest BCUT2D eigenvalue weighted by Gasteiger charge is 2.23. The predicted molar refractivity (Wildman–Crippen MR) is 93.8 cm³/mol. The van der Waals surface area contributed by atoms with Gasteiger partial charge in [-0.1, -0.05) is 12.1 Å². The molecule has 1 fully saturated rings. The number of aryl methyl sites for hydroxylation is 1. The second-order valence-electron chi connectivity index (χ2n) is 6.81. The highest BCUT2D eigenvalue weighted by molar-refractivity contribution is 5.78. The van der Waals surface area contributed by atoms with E-state index in [4.69, 9.17) is 4.74 Å². The van der Waals surface area contributed by atoms with Gasteiger partial charge >= 0.3 is 0 Å². The minimum atomic E-state index is 0.163. The summed E-state index contributed by atoms with van der Waals surface area (Å²) in [6.45, 7) is 6.81. The van der Waals surface area contributed by atoms with Gasteiger partial charge in [0.1, 0.15) is 5.75 Å². The molecule has 2 rings (SSSR count). The van der Waals surface area contributed by atoms with Gasteiger partial charge in [0, 0.05) is 13.1 Å². The van der Waals surface area contributed by atoms with Crippen molar-refractivity contribution >= 4 is 5.91 Å². The molecule has 1 atom stereocenters. The lowest BCUT2D eigenvalue weighted by Crippen LogP contribution is -2.41. The molecule has 23 heavy (non-hydrogen) atoms. The maximum absolute atomic E-state index is 12.2. The van der Waals surface area contributed by atoms with Crippen molar-refractivity contribution in [2.75, 3.05) is 26.7 Å². The lowest BCUT2D eigenvalue weighted by molar-refractivity contribution is -0.126. The van der Waals surface area contributed by atoms with Gasteiger partial charge in [-0.25, -0.2) is 0 Å². The van der Waals surface area contributed by atoms with E-state index in [2.05, 4.69) is 29.4 Å². The minimum Gasteiger partial charge on any atom is -0.491 e. The summed E-state index contributed by atoms with van der Waals surface area (Å²) in [4.78, 5) is 14.4. The smallest absolute Gasteiger partial charge is 0.224 e. The molecule has 4 nitrogen and oxygen atoms in total. The molecule has 0 unspecified atom stereocenters. The summed E-state index contributed by atoms with van der Waals surface area (Å²) in [6, 6.07) is 8.23. The molecule has 0 radical (unpaired) electrons. The molecule has 1 amide bonds. The Morgan fingerprint density at radius 2 is 2.26 bits per heavy atom. The molecule has 128 valence electrons. The number of nitrogens with zero attached hydrogens (tertiary/aromatic N) is 1. The van der Waals surface area contributed by atoms with Crippen LogP contribution in [0.5, 0.6) is 5.75 Å². The fourth-order valence-corrected chi connectivity index (χ4v) is 3.08. The quantitative estimate of drug-likeness (QED) is 0.786. The zero-order chi connectivity index (χ0) is 16.7. The monoisotopic (exact) mass is 318 g/mol. The maximum atomic E-state index is 12.2. The molecule has 1 aliphatic heterocycles. The standard InChI is InChI=1S/C19H30N2O2/c1-15(2)23-18-10-4-7-16(13-18)8-5-11-20-19(22)17-9-6-12-21(3)14-17/h4,7,10,13,15,17H,5-6,8-9,11-12,14H2,1-3H3,(H,20,22)/t17-/m0/s1. The molecular formula is C19H30N2O2. The third-order valence-corrected chi connectivity index (χ3v) is 4.21. The van der Waals surface area contributed by atoms with Crippen LogP contribution in [0.4, 0.5) is 0 Å². The maximum Gasteiger partial charge on any atom is 0.224 e. The van der Waals surface area contributed by atoms with Crippen molar-refractivity contribution in [3.8, 4) is 5.75 Å². The largest absolute Gasteiger partial charge is 0.491 e. The number of piperidine rings is 1. The van der Waals surface area contributed by atoms with E-state index in [1.165, 1.54) is 5.56 Å². The number of likely N-dealkylation sites (tertiary alicyclic amines) is 1. The van der Waals surface area contributed by atoms with Crippen molar-refractivity contribution in [3.05, 3.63) is 29.8 Å². The van der Waals surface area contributed by atoms with Crippen molar-refractivity contribution in [2.45, 2.75) is 45.6 Å². The summed E-state index contributed by atoms with van der Waals surface area (Å²) in [5.41, 5.74) is 1.26. The molecule has 0 saturated carbocycles. The van der Waals surface area contributed by atoms with Crippen molar-refractivity contribution in [3.63, 3.8) is 0 Å². The van der Waals surface area contributed by atoms with Gasteiger partial charge in [-0.05, 0) is 70.8 Å². The van der Waals surface area contributed by atoms with Crippen molar-refractivity contribution < 1.29 is 9.53 Å². The van der Waals surface area contributed by atoms with Crippen molar-refractivity contribution in [2.24, 2.45) is 5.92 Å². The zero-order valence-corrected chi connectivity index (χ0v) is 14.7. The van der Waals surface area contributed by atoms with E-state index >= 15 is 0 Å². The summed E-state index contributed by atoms with van der Waals surface area (Å²) < 4.78 is 5.71. The lowest BCUT2D eigenvalue weighted by Gasteiger charge is -2.28. The third-order valence-electron chi connectivity index (χ3n) is 4.21. The van der Waals surface area contributed by atoms with Gasteiger partial charge in [0.25, 0.3) is 0 Å². The number of carbonyl (C=O) groups is 1. The van der Waals surface area contributed by atoms with E-state index < -0.39 is 0 Å². The number of hydrogen-bond donors (Lipinski definition) is 1. The third kappa shape index (κ3) is 6.22. The van der Waals surface area contributed by atoms with Crippen LogP contribution in [0, 0.1) is 5.92 Å². The van der Waals surface area contributed by atoms with Gasteiger partial charge < -0.3 is 15.0 Å².